The van der Waals surface area contributed by atoms with Gasteiger partial charge in [-0.2, -0.15) is 0 Å². The average Bonchev–Trinajstić information content (AvgIpc) is 2.53. The van der Waals surface area contributed by atoms with E-state index in [1.54, 1.807) is 14.0 Å². The van der Waals surface area contributed by atoms with Crippen LogP contribution in [0.2, 0.25) is 0 Å². The molecule has 1 amide bonds. The lowest BCUT2D eigenvalue weighted by molar-refractivity contribution is -0.127. The fraction of sp³-hybridized carbons (Fsp3) is 0.350. The fourth-order valence-corrected chi connectivity index (χ4v) is 2.69. The van der Waals surface area contributed by atoms with Gasteiger partial charge in [-0.15, -0.1) is 0 Å². The van der Waals surface area contributed by atoms with Gasteiger partial charge in [0.1, 0.15) is 11.5 Å². The third-order valence-corrected chi connectivity index (χ3v) is 3.84. The number of rotatable bonds is 6. The first kappa shape index (κ1) is 17.9. The highest BCUT2D eigenvalue weighted by molar-refractivity contribution is 5.81. The normalized spacial score (nSPS) is 13.0. The SMILES string of the molecule is COc1ccccc1[C@H](C)NC(=O)[C@H](C)Oc1cc(C)cc(C)c1. The van der Waals surface area contributed by atoms with Crippen LogP contribution in [0.4, 0.5) is 0 Å². The van der Waals surface area contributed by atoms with E-state index < -0.39 is 6.10 Å². The van der Waals surface area contributed by atoms with Crippen LogP contribution in [-0.2, 0) is 4.79 Å². The standard InChI is InChI=1S/C20H25NO3/c1-13-10-14(2)12-17(11-13)24-16(4)20(22)21-15(3)18-8-6-7-9-19(18)23-5/h6-12,15-16H,1-5H3,(H,21,22)/t15-,16-/m0/s1. The van der Waals surface area contributed by atoms with Gasteiger partial charge in [0.05, 0.1) is 13.2 Å². The van der Waals surface area contributed by atoms with Crippen molar-refractivity contribution in [2.24, 2.45) is 0 Å². The van der Waals surface area contributed by atoms with Gasteiger partial charge >= 0.3 is 0 Å². The van der Waals surface area contributed by atoms with Crippen LogP contribution in [0.1, 0.15) is 36.6 Å². The van der Waals surface area contributed by atoms with Gasteiger partial charge in [-0.3, -0.25) is 4.79 Å². The van der Waals surface area contributed by atoms with E-state index in [4.69, 9.17) is 9.47 Å². The van der Waals surface area contributed by atoms with E-state index in [1.807, 2.05) is 57.2 Å². The molecule has 2 rings (SSSR count). The van der Waals surface area contributed by atoms with Crippen molar-refractivity contribution in [3.8, 4) is 11.5 Å². The van der Waals surface area contributed by atoms with Gasteiger partial charge in [0, 0.05) is 5.56 Å². The Labute approximate surface area is 143 Å². The monoisotopic (exact) mass is 327 g/mol. The van der Waals surface area contributed by atoms with Crippen molar-refractivity contribution in [1.29, 1.82) is 0 Å². The molecule has 0 radical (unpaired) electrons. The highest BCUT2D eigenvalue weighted by Gasteiger charge is 2.19. The largest absolute Gasteiger partial charge is 0.496 e. The molecule has 0 saturated heterocycles. The van der Waals surface area contributed by atoms with Crippen molar-refractivity contribution < 1.29 is 14.3 Å². The lowest BCUT2D eigenvalue weighted by atomic mass is 10.1. The Bertz CT molecular complexity index is 692. The number of methoxy groups -OCH3 is 1. The number of para-hydroxylation sites is 1. The van der Waals surface area contributed by atoms with Gasteiger partial charge in [0.15, 0.2) is 6.10 Å². The summed E-state index contributed by atoms with van der Waals surface area (Å²) >= 11 is 0. The first-order valence-electron chi connectivity index (χ1n) is 8.09. The minimum Gasteiger partial charge on any atom is -0.496 e. The number of carbonyl (C=O) groups excluding carboxylic acids is 1. The van der Waals surface area contributed by atoms with Crippen LogP contribution in [0.25, 0.3) is 0 Å². The van der Waals surface area contributed by atoms with Crippen LogP contribution in [0.5, 0.6) is 11.5 Å². The van der Waals surface area contributed by atoms with E-state index in [9.17, 15) is 4.79 Å². The summed E-state index contributed by atoms with van der Waals surface area (Å²) in [6.45, 7) is 7.70. The van der Waals surface area contributed by atoms with Crippen LogP contribution in [-0.4, -0.2) is 19.1 Å². The summed E-state index contributed by atoms with van der Waals surface area (Å²) in [6, 6.07) is 13.4. The second-order valence-electron chi connectivity index (χ2n) is 6.06. The van der Waals surface area contributed by atoms with E-state index in [2.05, 4.69) is 11.4 Å². The van der Waals surface area contributed by atoms with Crippen LogP contribution in [0.3, 0.4) is 0 Å². The Morgan fingerprint density at radius 3 is 2.29 bits per heavy atom. The summed E-state index contributed by atoms with van der Waals surface area (Å²) in [5.41, 5.74) is 3.16. The lowest BCUT2D eigenvalue weighted by Gasteiger charge is -2.20. The van der Waals surface area contributed by atoms with Crippen LogP contribution in [0.15, 0.2) is 42.5 Å². The van der Waals surface area contributed by atoms with Crippen molar-refractivity contribution in [2.45, 2.75) is 39.8 Å². The Hall–Kier alpha value is -2.49. The lowest BCUT2D eigenvalue weighted by Crippen LogP contribution is -2.37. The molecule has 1 N–H and O–H groups in total. The van der Waals surface area contributed by atoms with Crippen molar-refractivity contribution in [1.82, 2.24) is 5.32 Å². The number of amides is 1. The number of aryl methyl sites for hydroxylation is 2. The molecule has 0 aromatic heterocycles. The number of ether oxygens (including phenoxy) is 2. The zero-order valence-corrected chi connectivity index (χ0v) is 14.9. The maximum Gasteiger partial charge on any atom is 0.261 e. The molecule has 0 aliphatic rings. The Morgan fingerprint density at radius 1 is 1.04 bits per heavy atom. The second-order valence-corrected chi connectivity index (χ2v) is 6.06. The first-order valence-corrected chi connectivity index (χ1v) is 8.09. The molecule has 0 aliphatic carbocycles. The van der Waals surface area contributed by atoms with E-state index >= 15 is 0 Å². The Balaban J connectivity index is 2.03. The molecule has 4 heteroatoms. The van der Waals surface area contributed by atoms with Gasteiger partial charge in [-0.1, -0.05) is 24.3 Å². The predicted octanol–water partition coefficient (Wildman–Crippen LogP) is 3.96. The minimum atomic E-state index is -0.580. The van der Waals surface area contributed by atoms with Crippen molar-refractivity contribution >= 4 is 5.91 Å². The van der Waals surface area contributed by atoms with Gasteiger partial charge in [0.2, 0.25) is 0 Å². The third kappa shape index (κ3) is 4.51. The molecule has 0 saturated carbocycles. The predicted molar refractivity (Wildman–Crippen MR) is 95.6 cm³/mol. The molecule has 0 unspecified atom stereocenters. The summed E-state index contributed by atoms with van der Waals surface area (Å²) in [5, 5.41) is 2.98. The van der Waals surface area contributed by atoms with E-state index in [-0.39, 0.29) is 11.9 Å². The van der Waals surface area contributed by atoms with Crippen molar-refractivity contribution in [3.05, 3.63) is 59.2 Å². The van der Waals surface area contributed by atoms with Gasteiger partial charge in [-0.25, -0.2) is 0 Å². The molecule has 24 heavy (non-hydrogen) atoms. The van der Waals surface area contributed by atoms with Crippen LogP contribution >= 0.6 is 0 Å². The minimum absolute atomic E-state index is 0.160. The van der Waals surface area contributed by atoms with Gasteiger partial charge < -0.3 is 14.8 Å². The van der Waals surface area contributed by atoms with Crippen LogP contribution < -0.4 is 14.8 Å². The molecule has 128 valence electrons. The first-order chi connectivity index (χ1) is 11.4. The molecular formula is C20H25NO3. The van der Waals surface area contributed by atoms with Gasteiger partial charge in [0.25, 0.3) is 5.91 Å². The molecule has 2 aromatic rings. The molecule has 0 heterocycles. The number of carbonyl (C=O) groups is 1. The third-order valence-electron chi connectivity index (χ3n) is 3.84. The zero-order chi connectivity index (χ0) is 17.7. The molecule has 0 fully saturated rings. The zero-order valence-electron chi connectivity index (χ0n) is 14.9. The molecule has 4 nitrogen and oxygen atoms in total. The summed E-state index contributed by atoms with van der Waals surface area (Å²) < 4.78 is 11.1. The maximum atomic E-state index is 12.4. The Kier molecular flexibility index (Phi) is 5.85. The number of hydrogen-bond acceptors (Lipinski definition) is 3. The van der Waals surface area contributed by atoms with Crippen molar-refractivity contribution in [2.75, 3.05) is 7.11 Å². The molecule has 0 aliphatic heterocycles. The molecule has 0 spiro atoms. The molecule has 0 bridgehead atoms. The maximum absolute atomic E-state index is 12.4. The fourth-order valence-electron chi connectivity index (χ4n) is 2.69. The summed E-state index contributed by atoms with van der Waals surface area (Å²) in [7, 11) is 1.62. The number of hydrogen-bond donors (Lipinski definition) is 1. The summed E-state index contributed by atoms with van der Waals surface area (Å²) in [6.07, 6.45) is -0.580. The van der Waals surface area contributed by atoms with Gasteiger partial charge in [-0.05, 0) is 57.0 Å². The highest BCUT2D eigenvalue weighted by atomic mass is 16.5. The smallest absolute Gasteiger partial charge is 0.261 e. The molecule has 2 atom stereocenters. The highest BCUT2D eigenvalue weighted by Crippen LogP contribution is 2.24. The molecular weight excluding hydrogens is 302 g/mol. The van der Waals surface area contributed by atoms with Crippen molar-refractivity contribution in [3.63, 3.8) is 0 Å². The summed E-state index contributed by atoms with van der Waals surface area (Å²) in [5.74, 6) is 1.31. The van der Waals surface area contributed by atoms with Crippen LogP contribution in [0, 0.1) is 13.8 Å². The quantitative estimate of drug-likeness (QED) is 0.874. The number of nitrogens with one attached hydrogen (secondary N) is 1. The average molecular weight is 327 g/mol. The topological polar surface area (TPSA) is 47.6 Å². The summed E-state index contributed by atoms with van der Waals surface area (Å²) in [4.78, 5) is 12.4. The number of benzene rings is 2. The second kappa shape index (κ2) is 7.86. The van der Waals surface area contributed by atoms with E-state index in [0.29, 0.717) is 5.75 Å². The van der Waals surface area contributed by atoms with E-state index in [0.717, 1.165) is 22.4 Å². The molecule has 2 aromatic carbocycles. The Morgan fingerprint density at radius 2 is 1.67 bits per heavy atom. The van der Waals surface area contributed by atoms with E-state index in [1.165, 1.54) is 0 Å².